The summed E-state index contributed by atoms with van der Waals surface area (Å²) in [5, 5.41) is 0. The van der Waals surface area contributed by atoms with E-state index in [1.807, 2.05) is 0 Å². The molecule has 9 heteroatoms. The van der Waals surface area contributed by atoms with Crippen molar-refractivity contribution in [3.05, 3.63) is 76.9 Å². The van der Waals surface area contributed by atoms with E-state index >= 15 is 0 Å². The van der Waals surface area contributed by atoms with Crippen molar-refractivity contribution in [1.29, 1.82) is 0 Å². The highest BCUT2D eigenvalue weighted by atomic mass is 32.2. The number of rotatable bonds is 7. The first-order valence-electron chi connectivity index (χ1n) is 10.0. The maximum absolute atomic E-state index is 13.1. The van der Waals surface area contributed by atoms with E-state index in [0.717, 1.165) is 23.3 Å². The Labute approximate surface area is 189 Å². The average Bonchev–Trinajstić information content (AvgIpc) is 3.51. The molecule has 0 bridgehead atoms. The van der Waals surface area contributed by atoms with E-state index in [-0.39, 0.29) is 16.3 Å². The van der Waals surface area contributed by atoms with Crippen LogP contribution in [0.25, 0.3) is 10.4 Å². The van der Waals surface area contributed by atoms with Crippen LogP contribution in [0.15, 0.2) is 65.6 Å². The summed E-state index contributed by atoms with van der Waals surface area (Å²) in [6.45, 7) is 0.552. The first-order valence-corrected chi connectivity index (χ1v) is 12.3. The van der Waals surface area contributed by atoms with Crippen molar-refractivity contribution >= 4 is 33.1 Å². The van der Waals surface area contributed by atoms with Gasteiger partial charge < -0.3 is 4.74 Å². The zero-order chi connectivity index (χ0) is 22.7. The number of hydrogen-bond acceptors (Lipinski definition) is 6. The number of nitrogens with zero attached hydrogens (tertiary/aromatic N) is 1. The third kappa shape index (κ3) is 4.79. The number of hydrogen-bond donors (Lipinski definition) is 0. The first-order chi connectivity index (χ1) is 15.3. The van der Waals surface area contributed by atoms with E-state index in [9.17, 15) is 22.4 Å². The van der Waals surface area contributed by atoms with Crippen molar-refractivity contribution < 1.29 is 27.1 Å². The van der Waals surface area contributed by atoms with Gasteiger partial charge in [-0.15, -0.1) is 11.3 Å². The lowest BCUT2D eigenvalue weighted by Crippen LogP contribution is -2.27. The molecule has 3 aromatic rings. The Balaban J connectivity index is 1.36. The van der Waals surface area contributed by atoms with Crippen LogP contribution in [0.2, 0.25) is 0 Å². The van der Waals surface area contributed by atoms with Crippen LogP contribution in [0.1, 0.15) is 32.9 Å². The van der Waals surface area contributed by atoms with Gasteiger partial charge in [0.1, 0.15) is 10.7 Å². The van der Waals surface area contributed by atoms with Crippen molar-refractivity contribution in [3.63, 3.8) is 0 Å². The molecule has 0 N–H and O–H groups in total. The Morgan fingerprint density at radius 2 is 1.59 bits per heavy atom. The zero-order valence-corrected chi connectivity index (χ0v) is 18.6. The molecule has 6 nitrogen and oxygen atoms in total. The highest BCUT2D eigenvalue weighted by molar-refractivity contribution is 7.89. The molecule has 0 radical (unpaired) electrons. The molecule has 0 spiro atoms. The van der Waals surface area contributed by atoms with Crippen LogP contribution < -0.4 is 0 Å². The highest BCUT2D eigenvalue weighted by Crippen LogP contribution is 2.28. The van der Waals surface area contributed by atoms with Gasteiger partial charge in [-0.2, -0.15) is 4.31 Å². The lowest BCUT2D eigenvalue weighted by Gasteiger charge is -2.15. The predicted octanol–water partition coefficient (Wildman–Crippen LogP) is 4.38. The second-order valence-electron chi connectivity index (χ2n) is 7.31. The summed E-state index contributed by atoms with van der Waals surface area (Å²) in [7, 11) is -3.55. The molecule has 1 saturated heterocycles. The molecule has 32 heavy (non-hydrogen) atoms. The topological polar surface area (TPSA) is 80.8 Å². The first kappa shape index (κ1) is 22.3. The number of ether oxygens (including phenoxy) is 1. The maximum Gasteiger partial charge on any atom is 0.348 e. The van der Waals surface area contributed by atoms with Gasteiger partial charge in [0.25, 0.3) is 0 Å². The number of ketones is 1. The number of benzene rings is 2. The molecule has 1 aliphatic heterocycles. The van der Waals surface area contributed by atoms with E-state index in [2.05, 4.69) is 0 Å². The van der Waals surface area contributed by atoms with E-state index in [0.29, 0.717) is 18.0 Å². The van der Waals surface area contributed by atoms with Crippen LogP contribution >= 0.6 is 11.3 Å². The Morgan fingerprint density at radius 1 is 0.938 bits per heavy atom. The third-order valence-electron chi connectivity index (χ3n) is 5.15. The van der Waals surface area contributed by atoms with Crippen LogP contribution in [0, 0.1) is 5.82 Å². The number of carbonyl (C=O) groups is 2. The van der Waals surface area contributed by atoms with Crippen molar-refractivity contribution in [2.24, 2.45) is 0 Å². The van der Waals surface area contributed by atoms with Gasteiger partial charge in [-0.3, -0.25) is 4.79 Å². The molecule has 0 atom stereocenters. The summed E-state index contributed by atoms with van der Waals surface area (Å²) in [6.07, 6.45) is 1.69. The number of esters is 1. The Bertz CT molecular complexity index is 1230. The number of thiophene rings is 1. The van der Waals surface area contributed by atoms with E-state index in [1.165, 1.54) is 52.0 Å². The van der Waals surface area contributed by atoms with E-state index in [4.69, 9.17) is 4.74 Å². The largest absolute Gasteiger partial charge is 0.453 e. The fourth-order valence-corrected chi connectivity index (χ4v) is 5.82. The van der Waals surface area contributed by atoms with Gasteiger partial charge in [-0.1, -0.05) is 12.1 Å². The summed E-state index contributed by atoms with van der Waals surface area (Å²) < 4.78 is 44.8. The molecule has 2 aromatic carbocycles. The molecular formula is C23H20FNO5S2. The fraction of sp³-hybridized carbons (Fsp3) is 0.217. The van der Waals surface area contributed by atoms with Gasteiger partial charge in [-0.25, -0.2) is 17.6 Å². The standard InChI is InChI=1S/C23H20FNO5S2/c24-18-7-3-17(4-8-18)21-11-12-22(31-21)23(27)30-15-20(26)16-5-9-19(10-6-16)32(28,29)25-13-1-2-14-25/h3-12H,1-2,13-15H2. The van der Waals surface area contributed by atoms with Crippen LogP contribution in [0.3, 0.4) is 0 Å². The van der Waals surface area contributed by atoms with Gasteiger partial charge in [0.05, 0.1) is 4.90 Å². The lowest BCUT2D eigenvalue weighted by atomic mass is 10.1. The fourth-order valence-electron chi connectivity index (χ4n) is 3.39. The number of Topliss-reactive ketones (excluding diaryl/α,β-unsaturated/α-hetero) is 1. The normalized spacial score (nSPS) is 14.4. The zero-order valence-electron chi connectivity index (χ0n) is 17.0. The molecule has 1 aliphatic rings. The minimum absolute atomic E-state index is 0.139. The summed E-state index contributed by atoms with van der Waals surface area (Å²) in [5.74, 6) is -1.41. The number of carbonyl (C=O) groups excluding carboxylic acids is 2. The molecule has 0 unspecified atom stereocenters. The van der Waals surface area contributed by atoms with Crippen LogP contribution in [0.5, 0.6) is 0 Å². The van der Waals surface area contributed by atoms with Crippen LogP contribution in [-0.4, -0.2) is 44.2 Å². The van der Waals surface area contributed by atoms with Crippen molar-refractivity contribution in [2.45, 2.75) is 17.7 Å². The monoisotopic (exact) mass is 473 g/mol. The van der Waals surface area contributed by atoms with Crippen molar-refractivity contribution in [2.75, 3.05) is 19.7 Å². The van der Waals surface area contributed by atoms with Gasteiger partial charge >= 0.3 is 5.97 Å². The maximum atomic E-state index is 13.1. The van der Waals surface area contributed by atoms with E-state index < -0.39 is 28.4 Å². The molecule has 0 saturated carbocycles. The number of sulfonamides is 1. The Kier molecular flexibility index (Phi) is 6.50. The summed E-state index contributed by atoms with van der Waals surface area (Å²) >= 11 is 1.18. The van der Waals surface area contributed by atoms with Gasteiger partial charge in [-0.05, 0) is 66.9 Å². The Morgan fingerprint density at radius 3 is 2.25 bits per heavy atom. The summed E-state index contributed by atoms with van der Waals surface area (Å²) in [6, 6.07) is 14.9. The quantitative estimate of drug-likeness (QED) is 0.376. The van der Waals surface area contributed by atoms with Crippen LogP contribution in [-0.2, 0) is 14.8 Å². The van der Waals surface area contributed by atoms with Crippen molar-refractivity contribution in [1.82, 2.24) is 4.31 Å². The highest BCUT2D eigenvalue weighted by Gasteiger charge is 2.27. The predicted molar refractivity (Wildman–Crippen MR) is 119 cm³/mol. The molecule has 166 valence electrons. The molecule has 0 amide bonds. The molecule has 0 aliphatic carbocycles. The van der Waals surface area contributed by atoms with Gasteiger partial charge in [0.15, 0.2) is 12.4 Å². The Hall–Kier alpha value is -2.88. The smallest absolute Gasteiger partial charge is 0.348 e. The third-order valence-corrected chi connectivity index (χ3v) is 8.18. The summed E-state index contributed by atoms with van der Waals surface area (Å²) in [4.78, 5) is 25.9. The van der Waals surface area contributed by atoms with E-state index in [1.54, 1.807) is 24.3 Å². The van der Waals surface area contributed by atoms with Crippen LogP contribution in [0.4, 0.5) is 4.39 Å². The minimum atomic E-state index is -3.55. The lowest BCUT2D eigenvalue weighted by molar-refractivity contribution is 0.0479. The number of halogens is 1. The van der Waals surface area contributed by atoms with Gasteiger partial charge in [0, 0.05) is 23.5 Å². The molecule has 1 fully saturated rings. The second-order valence-corrected chi connectivity index (χ2v) is 10.3. The average molecular weight is 474 g/mol. The molecule has 4 rings (SSSR count). The molecule has 1 aromatic heterocycles. The molecular weight excluding hydrogens is 453 g/mol. The minimum Gasteiger partial charge on any atom is -0.453 e. The second kappa shape index (κ2) is 9.32. The van der Waals surface area contributed by atoms with Gasteiger partial charge in [0.2, 0.25) is 10.0 Å². The van der Waals surface area contributed by atoms with Crippen molar-refractivity contribution in [3.8, 4) is 10.4 Å². The molecule has 2 heterocycles. The summed E-state index contributed by atoms with van der Waals surface area (Å²) in [5.41, 5.74) is 1.03. The SMILES string of the molecule is O=C(COC(=O)c1ccc(-c2ccc(F)cc2)s1)c1ccc(S(=O)(=O)N2CCCC2)cc1.